The molecule has 0 fully saturated rings. The van der Waals surface area contributed by atoms with Crippen molar-refractivity contribution in [1.29, 1.82) is 15.8 Å². The first-order chi connectivity index (χ1) is 6.10. The summed E-state index contributed by atoms with van der Waals surface area (Å²) in [5, 5.41) is 41.4. The molecule has 0 aromatic rings. The second-order valence-corrected chi connectivity index (χ2v) is 1.89. The third kappa shape index (κ3) is 5.68. The van der Waals surface area contributed by atoms with Gasteiger partial charge in [0.25, 0.3) is 5.60 Å². The van der Waals surface area contributed by atoms with Gasteiger partial charge in [0.1, 0.15) is 12.1 Å². The molecule has 68 valence electrons. The number of rotatable bonds is 4. The van der Waals surface area contributed by atoms with E-state index in [9.17, 15) is 0 Å². The minimum absolute atomic E-state index is 0. The van der Waals surface area contributed by atoms with Crippen LogP contribution in [0.25, 0.3) is 0 Å². The average molecular weight is 221 g/mol. The molecule has 0 saturated carbocycles. The molecule has 2 N–H and O–H groups in total. The standard InChI is InChI=1S/C5H4BN3O4.K.H/c7-2-1-5(3-8,4-9)12-13-6(10)11;;/h10-11H,1H2;;. The van der Waals surface area contributed by atoms with Crippen molar-refractivity contribution in [2.45, 2.75) is 12.0 Å². The fourth-order valence-corrected chi connectivity index (χ4v) is 0.407. The molecule has 0 aromatic heterocycles. The zero-order valence-corrected chi connectivity index (χ0v) is 6.34. The van der Waals surface area contributed by atoms with Crippen LogP contribution in [0.1, 0.15) is 6.42 Å². The maximum atomic E-state index is 8.43. The topological polar surface area (TPSA) is 130 Å². The van der Waals surface area contributed by atoms with Gasteiger partial charge in [-0.15, -0.1) is 0 Å². The van der Waals surface area contributed by atoms with Crippen molar-refractivity contribution in [3.05, 3.63) is 0 Å². The summed E-state index contributed by atoms with van der Waals surface area (Å²) < 4.78 is 0. The predicted octanol–water partition coefficient (Wildman–Crippen LogP) is -2.04. The van der Waals surface area contributed by atoms with Gasteiger partial charge in [-0.25, -0.2) is 9.69 Å². The minimum atomic E-state index is -2.26. The van der Waals surface area contributed by atoms with Crippen LogP contribution in [0.5, 0.6) is 0 Å². The van der Waals surface area contributed by atoms with E-state index >= 15 is 0 Å². The average Bonchev–Trinajstić information content (AvgIpc) is 2.12. The molecular weight excluding hydrogens is 216 g/mol. The number of hydrogen-bond donors (Lipinski definition) is 2. The fourth-order valence-electron chi connectivity index (χ4n) is 0.407. The van der Waals surface area contributed by atoms with Crippen LogP contribution < -0.4 is 0 Å². The second-order valence-electron chi connectivity index (χ2n) is 1.89. The Morgan fingerprint density at radius 1 is 1.21 bits per heavy atom. The summed E-state index contributed by atoms with van der Waals surface area (Å²) in [6.45, 7) is 0. The molecular formula is C5H5BKN3O4. The van der Waals surface area contributed by atoms with E-state index in [0.717, 1.165) is 0 Å². The van der Waals surface area contributed by atoms with Crippen molar-refractivity contribution in [3.8, 4) is 18.2 Å². The Kier molecular flexibility index (Phi) is 9.78. The second kappa shape index (κ2) is 8.33. The van der Waals surface area contributed by atoms with E-state index in [4.69, 9.17) is 25.8 Å². The summed E-state index contributed by atoms with van der Waals surface area (Å²) in [4.78, 5) is 7.84. The van der Waals surface area contributed by atoms with Crippen LogP contribution in [-0.4, -0.2) is 74.4 Å². The number of nitrogens with zero attached hydrogens (tertiary/aromatic N) is 3. The third-order valence-corrected chi connectivity index (χ3v) is 0.966. The first-order valence-electron chi connectivity index (χ1n) is 3.00. The molecule has 0 bridgehead atoms. The van der Waals surface area contributed by atoms with Crippen LogP contribution in [0.2, 0.25) is 0 Å². The van der Waals surface area contributed by atoms with E-state index in [1.165, 1.54) is 18.2 Å². The van der Waals surface area contributed by atoms with Crippen LogP contribution in [0.4, 0.5) is 0 Å². The van der Waals surface area contributed by atoms with E-state index in [1.807, 2.05) is 0 Å². The Bertz CT molecular complexity index is 277. The van der Waals surface area contributed by atoms with E-state index < -0.39 is 19.3 Å². The van der Waals surface area contributed by atoms with Gasteiger partial charge in [-0.05, 0) is 0 Å². The molecule has 0 atom stereocenters. The number of nitriles is 3. The van der Waals surface area contributed by atoms with Crippen molar-refractivity contribution in [3.63, 3.8) is 0 Å². The molecule has 0 amide bonds. The van der Waals surface area contributed by atoms with Gasteiger partial charge in [0.15, 0.2) is 0 Å². The predicted molar refractivity (Wildman–Crippen MR) is 43.7 cm³/mol. The van der Waals surface area contributed by atoms with Crippen LogP contribution >= 0.6 is 0 Å². The SMILES string of the molecule is N#CCC(C#N)(C#N)OOB(O)O.[KH]. The van der Waals surface area contributed by atoms with Gasteiger partial charge in [0, 0.05) is 0 Å². The van der Waals surface area contributed by atoms with Crippen LogP contribution in [0.3, 0.4) is 0 Å². The fraction of sp³-hybridized carbons (Fsp3) is 0.400. The van der Waals surface area contributed by atoms with Gasteiger partial charge in [0.05, 0.1) is 12.5 Å². The molecule has 0 aliphatic rings. The summed E-state index contributed by atoms with van der Waals surface area (Å²) in [5.74, 6) is 0. The van der Waals surface area contributed by atoms with E-state index in [1.54, 1.807) is 0 Å². The Morgan fingerprint density at radius 2 is 1.71 bits per heavy atom. The zero-order valence-electron chi connectivity index (χ0n) is 6.34. The van der Waals surface area contributed by atoms with Gasteiger partial charge in [-0.1, -0.05) is 0 Å². The number of hydrogen-bond acceptors (Lipinski definition) is 7. The molecule has 0 aromatic carbocycles. The molecule has 7 nitrogen and oxygen atoms in total. The quantitative estimate of drug-likeness (QED) is 0.317. The first-order valence-corrected chi connectivity index (χ1v) is 3.00. The molecule has 0 radical (unpaired) electrons. The van der Waals surface area contributed by atoms with Crippen LogP contribution in [0.15, 0.2) is 0 Å². The molecule has 0 saturated heterocycles. The van der Waals surface area contributed by atoms with Crippen molar-refractivity contribution in [2.24, 2.45) is 0 Å². The zero-order chi connectivity index (χ0) is 10.3. The first kappa shape index (κ1) is 16.4. The molecule has 0 aliphatic carbocycles. The van der Waals surface area contributed by atoms with Gasteiger partial charge < -0.3 is 10.0 Å². The normalized spacial score (nSPS) is 8.79. The Morgan fingerprint density at radius 3 is 2.00 bits per heavy atom. The van der Waals surface area contributed by atoms with E-state index in [2.05, 4.69) is 9.69 Å². The van der Waals surface area contributed by atoms with Crippen LogP contribution in [-0.2, 0) is 9.69 Å². The molecule has 0 heterocycles. The van der Waals surface area contributed by atoms with Gasteiger partial charge in [0.2, 0.25) is 0 Å². The van der Waals surface area contributed by atoms with Crippen molar-refractivity contribution in [1.82, 2.24) is 0 Å². The molecule has 9 heteroatoms. The summed E-state index contributed by atoms with van der Waals surface area (Å²) in [6, 6.07) is 4.26. The molecule has 0 spiro atoms. The van der Waals surface area contributed by atoms with Crippen molar-refractivity contribution in [2.75, 3.05) is 0 Å². The van der Waals surface area contributed by atoms with Gasteiger partial charge in [-0.2, -0.15) is 15.8 Å². The summed E-state index contributed by atoms with van der Waals surface area (Å²) in [6.07, 6.45) is -0.563. The third-order valence-electron chi connectivity index (χ3n) is 0.966. The van der Waals surface area contributed by atoms with Crippen LogP contribution in [0, 0.1) is 34.0 Å². The molecule has 14 heavy (non-hydrogen) atoms. The Hall–Kier alpha value is 0.0113. The van der Waals surface area contributed by atoms with Gasteiger partial charge in [-0.3, -0.25) is 0 Å². The van der Waals surface area contributed by atoms with E-state index in [0.29, 0.717) is 0 Å². The van der Waals surface area contributed by atoms with Crippen molar-refractivity contribution >= 4 is 58.7 Å². The Balaban J connectivity index is 0. The van der Waals surface area contributed by atoms with Crippen molar-refractivity contribution < 1.29 is 19.7 Å². The molecule has 0 unspecified atom stereocenters. The van der Waals surface area contributed by atoms with E-state index in [-0.39, 0.29) is 51.4 Å². The summed E-state index contributed by atoms with van der Waals surface area (Å²) in [7, 11) is -2.26. The summed E-state index contributed by atoms with van der Waals surface area (Å²) in [5.41, 5.74) is -2.13. The molecule has 0 rings (SSSR count). The Labute approximate surface area is 123 Å². The maximum absolute atomic E-state index is 8.43. The molecule has 0 aliphatic heterocycles. The van der Waals surface area contributed by atoms with Gasteiger partial charge >= 0.3 is 58.7 Å². The summed E-state index contributed by atoms with van der Waals surface area (Å²) >= 11 is 0. The monoisotopic (exact) mass is 221 g/mol.